The molecule has 1 fully saturated rings. The van der Waals surface area contributed by atoms with Gasteiger partial charge < -0.3 is 0 Å². The van der Waals surface area contributed by atoms with Crippen molar-refractivity contribution in [3.63, 3.8) is 0 Å². The Morgan fingerprint density at radius 2 is 1.93 bits per heavy atom. The van der Waals surface area contributed by atoms with Gasteiger partial charge in [0.05, 0.1) is 0 Å². The maximum absolute atomic E-state index is 11.7. The third-order valence-electron chi connectivity index (χ3n) is 3.57. The van der Waals surface area contributed by atoms with Crippen LogP contribution >= 0.6 is 0 Å². The fraction of sp³-hybridized carbons (Fsp3) is 0.667. The lowest BCUT2D eigenvalue weighted by Gasteiger charge is -2.32. The van der Waals surface area contributed by atoms with Gasteiger partial charge in [0, 0.05) is 18.3 Å². The standard InChI is InChI=1S/C12H16O2/c1-7-6-10-9(8(2)12(7)14)4-3-5-11(10)13/h7,10H,3-6H2,1-2H3/t7?,10-/m1/s1. The second-order valence-electron chi connectivity index (χ2n) is 4.52. The van der Waals surface area contributed by atoms with Gasteiger partial charge in [-0.1, -0.05) is 12.5 Å². The molecular formula is C12H16O2. The van der Waals surface area contributed by atoms with Crippen LogP contribution < -0.4 is 0 Å². The van der Waals surface area contributed by atoms with Crippen LogP contribution in [-0.4, -0.2) is 11.6 Å². The summed E-state index contributed by atoms with van der Waals surface area (Å²) in [5.41, 5.74) is 2.02. The minimum absolute atomic E-state index is 0.0470. The highest BCUT2D eigenvalue weighted by atomic mass is 16.1. The Balaban J connectivity index is 2.40. The molecule has 0 heterocycles. The summed E-state index contributed by atoms with van der Waals surface area (Å²) in [6, 6.07) is 0. The van der Waals surface area contributed by atoms with E-state index in [2.05, 4.69) is 0 Å². The van der Waals surface area contributed by atoms with Crippen LogP contribution in [0.4, 0.5) is 0 Å². The van der Waals surface area contributed by atoms with Crippen LogP contribution in [0.1, 0.15) is 39.5 Å². The van der Waals surface area contributed by atoms with Crippen LogP contribution in [0.5, 0.6) is 0 Å². The molecule has 2 atom stereocenters. The second kappa shape index (κ2) is 3.34. The zero-order chi connectivity index (χ0) is 10.3. The quantitative estimate of drug-likeness (QED) is 0.590. The normalized spacial score (nSPS) is 33.3. The largest absolute Gasteiger partial charge is 0.299 e. The first-order valence-electron chi connectivity index (χ1n) is 5.38. The highest BCUT2D eigenvalue weighted by Gasteiger charge is 2.36. The fourth-order valence-corrected chi connectivity index (χ4v) is 2.71. The van der Waals surface area contributed by atoms with Crippen molar-refractivity contribution in [3.05, 3.63) is 11.1 Å². The van der Waals surface area contributed by atoms with E-state index in [9.17, 15) is 9.59 Å². The van der Waals surface area contributed by atoms with Crippen molar-refractivity contribution < 1.29 is 9.59 Å². The molecule has 14 heavy (non-hydrogen) atoms. The first kappa shape index (κ1) is 9.63. The van der Waals surface area contributed by atoms with Gasteiger partial charge >= 0.3 is 0 Å². The lowest BCUT2D eigenvalue weighted by atomic mass is 9.70. The molecule has 0 aliphatic heterocycles. The lowest BCUT2D eigenvalue weighted by molar-refractivity contribution is -0.125. The Bertz CT molecular complexity index is 325. The fourth-order valence-electron chi connectivity index (χ4n) is 2.71. The molecule has 1 unspecified atom stereocenters. The number of allylic oxidation sites excluding steroid dienone is 2. The molecule has 0 saturated heterocycles. The van der Waals surface area contributed by atoms with Crippen molar-refractivity contribution in [3.8, 4) is 0 Å². The van der Waals surface area contributed by atoms with Crippen LogP contribution in [0.2, 0.25) is 0 Å². The van der Waals surface area contributed by atoms with E-state index in [1.54, 1.807) is 0 Å². The number of carbonyl (C=O) groups is 2. The Kier molecular flexibility index (Phi) is 2.30. The van der Waals surface area contributed by atoms with Crippen molar-refractivity contribution in [2.45, 2.75) is 39.5 Å². The summed E-state index contributed by atoms with van der Waals surface area (Å²) in [6.45, 7) is 3.82. The van der Waals surface area contributed by atoms with E-state index in [0.717, 1.165) is 30.4 Å². The molecule has 0 spiro atoms. The number of carbonyl (C=O) groups excluding carboxylic acids is 2. The molecule has 0 amide bonds. The average molecular weight is 192 g/mol. The van der Waals surface area contributed by atoms with Gasteiger partial charge in [-0.3, -0.25) is 9.59 Å². The molecule has 2 aliphatic rings. The summed E-state index contributed by atoms with van der Waals surface area (Å²) in [4.78, 5) is 23.4. The third kappa shape index (κ3) is 1.33. The van der Waals surface area contributed by atoms with Gasteiger partial charge in [-0.05, 0) is 31.8 Å². The van der Waals surface area contributed by atoms with Crippen LogP contribution in [0.15, 0.2) is 11.1 Å². The monoisotopic (exact) mass is 192 g/mol. The average Bonchev–Trinajstić information content (AvgIpc) is 2.17. The molecule has 0 N–H and O–H groups in total. The van der Waals surface area contributed by atoms with Crippen molar-refractivity contribution in [1.29, 1.82) is 0 Å². The summed E-state index contributed by atoms with van der Waals surface area (Å²) >= 11 is 0. The maximum atomic E-state index is 11.7. The van der Waals surface area contributed by atoms with Gasteiger partial charge in [0.25, 0.3) is 0 Å². The predicted octanol–water partition coefficient (Wildman–Crippen LogP) is 2.28. The summed E-state index contributed by atoms with van der Waals surface area (Å²) in [5, 5.41) is 0. The van der Waals surface area contributed by atoms with Crippen LogP contribution in [0.3, 0.4) is 0 Å². The van der Waals surface area contributed by atoms with Crippen LogP contribution in [0.25, 0.3) is 0 Å². The van der Waals surface area contributed by atoms with Crippen LogP contribution in [-0.2, 0) is 9.59 Å². The van der Waals surface area contributed by atoms with Gasteiger partial charge in [0.2, 0.25) is 0 Å². The molecule has 0 aromatic rings. The molecule has 0 aromatic carbocycles. The van der Waals surface area contributed by atoms with Crippen molar-refractivity contribution in [2.24, 2.45) is 11.8 Å². The molecule has 2 aliphatic carbocycles. The van der Waals surface area contributed by atoms with Crippen molar-refractivity contribution in [2.75, 3.05) is 0 Å². The molecule has 2 rings (SSSR count). The molecule has 0 radical (unpaired) electrons. The molecule has 76 valence electrons. The lowest BCUT2D eigenvalue weighted by Crippen LogP contribution is -2.32. The highest BCUT2D eigenvalue weighted by molar-refractivity contribution is 6.01. The van der Waals surface area contributed by atoms with Gasteiger partial charge in [0.1, 0.15) is 5.78 Å². The Hall–Kier alpha value is -0.920. The Morgan fingerprint density at radius 1 is 1.21 bits per heavy atom. The molecule has 2 nitrogen and oxygen atoms in total. The first-order chi connectivity index (χ1) is 6.61. The number of Topliss-reactive ketones (excluding diaryl/α,β-unsaturated/α-hetero) is 2. The number of ketones is 2. The first-order valence-corrected chi connectivity index (χ1v) is 5.38. The van der Waals surface area contributed by atoms with E-state index in [4.69, 9.17) is 0 Å². The molecule has 1 saturated carbocycles. The third-order valence-corrected chi connectivity index (χ3v) is 3.57. The van der Waals surface area contributed by atoms with E-state index in [1.165, 1.54) is 0 Å². The number of fused-ring (bicyclic) bond motifs is 1. The summed E-state index contributed by atoms with van der Waals surface area (Å²) < 4.78 is 0. The molecule has 0 aromatic heterocycles. The van der Waals surface area contributed by atoms with E-state index in [1.807, 2.05) is 13.8 Å². The van der Waals surface area contributed by atoms with E-state index >= 15 is 0 Å². The van der Waals surface area contributed by atoms with E-state index in [-0.39, 0.29) is 17.6 Å². The molecule has 0 bridgehead atoms. The molecule has 2 heteroatoms. The maximum Gasteiger partial charge on any atom is 0.161 e. The number of rotatable bonds is 0. The smallest absolute Gasteiger partial charge is 0.161 e. The number of hydrogen-bond acceptors (Lipinski definition) is 2. The van der Waals surface area contributed by atoms with Crippen molar-refractivity contribution >= 4 is 11.6 Å². The van der Waals surface area contributed by atoms with Crippen molar-refractivity contribution in [1.82, 2.24) is 0 Å². The summed E-state index contributed by atoms with van der Waals surface area (Å²) in [5.74, 6) is 0.734. The van der Waals surface area contributed by atoms with E-state index < -0.39 is 0 Å². The topological polar surface area (TPSA) is 34.1 Å². The van der Waals surface area contributed by atoms with Gasteiger partial charge in [0.15, 0.2) is 5.78 Å². The Morgan fingerprint density at radius 3 is 2.64 bits per heavy atom. The van der Waals surface area contributed by atoms with Crippen LogP contribution in [0, 0.1) is 11.8 Å². The zero-order valence-corrected chi connectivity index (χ0v) is 8.80. The minimum Gasteiger partial charge on any atom is -0.299 e. The summed E-state index contributed by atoms with van der Waals surface area (Å²) in [7, 11) is 0. The second-order valence-corrected chi connectivity index (χ2v) is 4.52. The SMILES string of the molecule is CC1=C2CCCC(=O)[C@@H]2CC(C)C1=O. The highest BCUT2D eigenvalue weighted by Crippen LogP contribution is 2.38. The Labute approximate surface area is 84.4 Å². The summed E-state index contributed by atoms with van der Waals surface area (Å²) in [6.07, 6.45) is 3.36. The minimum atomic E-state index is 0.0470. The molecular weight excluding hydrogens is 176 g/mol. The van der Waals surface area contributed by atoms with Gasteiger partial charge in [-0.2, -0.15) is 0 Å². The van der Waals surface area contributed by atoms with Gasteiger partial charge in [-0.15, -0.1) is 0 Å². The predicted molar refractivity (Wildman–Crippen MR) is 53.8 cm³/mol. The van der Waals surface area contributed by atoms with Gasteiger partial charge in [-0.25, -0.2) is 0 Å². The van der Waals surface area contributed by atoms with E-state index in [0.29, 0.717) is 12.2 Å². The number of hydrogen-bond donors (Lipinski definition) is 0. The zero-order valence-electron chi connectivity index (χ0n) is 8.80.